The van der Waals surface area contributed by atoms with E-state index in [2.05, 4.69) is 0 Å². The Morgan fingerprint density at radius 1 is 0.769 bits per heavy atom. The van der Waals surface area contributed by atoms with Crippen molar-refractivity contribution < 1.29 is 19.1 Å². The van der Waals surface area contributed by atoms with Crippen molar-refractivity contribution in [3.05, 3.63) is 59.7 Å². The molecular weight excluding hydrogens is 328 g/mol. The zero-order valence-corrected chi connectivity index (χ0v) is 14.7. The van der Waals surface area contributed by atoms with E-state index in [9.17, 15) is 9.59 Å². The number of benzene rings is 4. The van der Waals surface area contributed by atoms with Crippen LogP contribution in [0.3, 0.4) is 0 Å². The maximum absolute atomic E-state index is 12.7. The molecule has 0 saturated heterocycles. The van der Waals surface area contributed by atoms with Gasteiger partial charge in [-0.25, -0.2) is 9.59 Å². The van der Waals surface area contributed by atoms with Gasteiger partial charge in [0.1, 0.15) is 0 Å². The van der Waals surface area contributed by atoms with E-state index in [4.69, 9.17) is 9.47 Å². The van der Waals surface area contributed by atoms with Gasteiger partial charge < -0.3 is 9.47 Å². The molecule has 0 N–H and O–H groups in total. The molecule has 0 aliphatic rings. The molecule has 0 radical (unpaired) electrons. The number of esters is 2. The number of carbonyl (C=O) groups is 2. The molecule has 4 nitrogen and oxygen atoms in total. The van der Waals surface area contributed by atoms with Gasteiger partial charge in [-0.3, -0.25) is 0 Å². The van der Waals surface area contributed by atoms with Crippen LogP contribution in [-0.4, -0.2) is 25.2 Å². The Labute approximate surface area is 150 Å². The highest BCUT2D eigenvalue weighted by Gasteiger charge is 2.24. The molecule has 4 aromatic carbocycles. The van der Waals surface area contributed by atoms with Gasteiger partial charge in [-0.15, -0.1) is 0 Å². The van der Waals surface area contributed by atoms with E-state index in [1.807, 2.05) is 42.5 Å². The van der Waals surface area contributed by atoms with Crippen LogP contribution in [-0.2, 0) is 9.47 Å². The second-order valence-electron chi connectivity index (χ2n) is 6.10. The van der Waals surface area contributed by atoms with Crippen molar-refractivity contribution >= 4 is 44.3 Å². The number of rotatable bonds is 4. The van der Waals surface area contributed by atoms with Gasteiger partial charge in [0.2, 0.25) is 0 Å². The Morgan fingerprint density at radius 3 is 2.08 bits per heavy atom. The molecule has 0 aromatic heterocycles. The third kappa shape index (κ3) is 2.37. The summed E-state index contributed by atoms with van der Waals surface area (Å²) in [7, 11) is 0. The summed E-state index contributed by atoms with van der Waals surface area (Å²) < 4.78 is 10.4. The van der Waals surface area contributed by atoms with Gasteiger partial charge in [0, 0.05) is 0 Å². The highest BCUT2D eigenvalue weighted by molar-refractivity contribution is 6.28. The second kappa shape index (κ2) is 6.30. The summed E-state index contributed by atoms with van der Waals surface area (Å²) in [5.74, 6) is -1.02. The van der Waals surface area contributed by atoms with Crippen LogP contribution in [0, 0.1) is 0 Å². The Kier molecular flexibility index (Phi) is 3.96. The molecule has 0 amide bonds. The van der Waals surface area contributed by atoms with Crippen molar-refractivity contribution in [2.45, 2.75) is 13.8 Å². The van der Waals surface area contributed by atoms with Gasteiger partial charge in [-0.1, -0.05) is 42.5 Å². The molecule has 0 atom stereocenters. The molecule has 26 heavy (non-hydrogen) atoms. The van der Waals surface area contributed by atoms with Crippen molar-refractivity contribution in [1.29, 1.82) is 0 Å². The monoisotopic (exact) mass is 346 g/mol. The lowest BCUT2D eigenvalue weighted by Crippen LogP contribution is -2.15. The predicted octanol–water partition coefficient (Wildman–Crippen LogP) is 4.94. The molecular formula is C22H18O4. The lowest BCUT2D eigenvalue weighted by atomic mass is 9.89. The van der Waals surface area contributed by atoms with Crippen LogP contribution in [0.15, 0.2) is 48.5 Å². The van der Waals surface area contributed by atoms with E-state index < -0.39 is 11.9 Å². The first-order valence-corrected chi connectivity index (χ1v) is 8.70. The third-order valence-electron chi connectivity index (χ3n) is 4.62. The zero-order chi connectivity index (χ0) is 18.3. The second-order valence-corrected chi connectivity index (χ2v) is 6.10. The Hall–Kier alpha value is -3.14. The molecule has 4 aromatic rings. The standard InChI is InChI=1S/C22H18O4/c1-3-25-21(23)17-12-15-9-8-13-6-5-7-14-10-11-16(19(15)18(13)14)20(17)22(24)26-4-2/h5-12H,3-4H2,1-2H3. The minimum Gasteiger partial charge on any atom is -0.462 e. The van der Waals surface area contributed by atoms with E-state index in [1.165, 1.54) is 0 Å². The topological polar surface area (TPSA) is 52.6 Å². The fraction of sp³-hybridized carbons (Fsp3) is 0.182. The normalized spacial score (nSPS) is 11.3. The van der Waals surface area contributed by atoms with Crippen LogP contribution in [0.4, 0.5) is 0 Å². The van der Waals surface area contributed by atoms with Crippen LogP contribution >= 0.6 is 0 Å². The number of hydrogen-bond donors (Lipinski definition) is 0. The fourth-order valence-corrected chi connectivity index (χ4v) is 3.60. The average Bonchev–Trinajstić information content (AvgIpc) is 2.65. The largest absolute Gasteiger partial charge is 0.462 e. The summed E-state index contributed by atoms with van der Waals surface area (Å²) in [4.78, 5) is 25.2. The van der Waals surface area contributed by atoms with Crippen molar-refractivity contribution in [1.82, 2.24) is 0 Å². The summed E-state index contributed by atoms with van der Waals surface area (Å²) in [6.45, 7) is 3.97. The highest BCUT2D eigenvalue weighted by Crippen LogP contribution is 2.37. The molecule has 0 spiro atoms. The van der Waals surface area contributed by atoms with Gasteiger partial charge in [0.25, 0.3) is 0 Å². The van der Waals surface area contributed by atoms with E-state index >= 15 is 0 Å². The van der Waals surface area contributed by atoms with Gasteiger partial charge in [-0.05, 0) is 52.2 Å². The van der Waals surface area contributed by atoms with Crippen molar-refractivity contribution in [3.8, 4) is 0 Å². The molecule has 0 fully saturated rings. The smallest absolute Gasteiger partial charge is 0.339 e. The van der Waals surface area contributed by atoms with Crippen LogP contribution in [0.2, 0.25) is 0 Å². The molecule has 0 saturated carbocycles. The Bertz CT molecular complexity index is 1130. The van der Waals surface area contributed by atoms with Crippen LogP contribution in [0.1, 0.15) is 34.6 Å². The van der Waals surface area contributed by atoms with Gasteiger partial charge in [0.05, 0.1) is 24.3 Å². The number of carbonyl (C=O) groups excluding carboxylic acids is 2. The zero-order valence-electron chi connectivity index (χ0n) is 14.7. The van der Waals surface area contributed by atoms with Crippen LogP contribution < -0.4 is 0 Å². The minimum atomic E-state index is -0.513. The number of hydrogen-bond acceptors (Lipinski definition) is 4. The van der Waals surface area contributed by atoms with Crippen molar-refractivity contribution in [2.24, 2.45) is 0 Å². The van der Waals surface area contributed by atoms with Gasteiger partial charge in [0.15, 0.2) is 0 Å². The summed E-state index contributed by atoms with van der Waals surface area (Å²) in [6, 6.07) is 15.7. The third-order valence-corrected chi connectivity index (χ3v) is 4.62. The summed E-state index contributed by atoms with van der Waals surface area (Å²) in [5.41, 5.74) is 0.521. The summed E-state index contributed by atoms with van der Waals surface area (Å²) in [5, 5.41) is 5.87. The first-order valence-electron chi connectivity index (χ1n) is 8.70. The lowest BCUT2D eigenvalue weighted by molar-refractivity contribution is 0.0481. The molecule has 0 unspecified atom stereocenters. The fourth-order valence-electron chi connectivity index (χ4n) is 3.60. The lowest BCUT2D eigenvalue weighted by Gasteiger charge is -2.16. The Balaban J connectivity index is 2.15. The molecule has 0 aliphatic heterocycles. The van der Waals surface area contributed by atoms with Gasteiger partial charge >= 0.3 is 11.9 Å². The maximum Gasteiger partial charge on any atom is 0.339 e. The molecule has 0 aliphatic carbocycles. The predicted molar refractivity (Wildman–Crippen MR) is 102 cm³/mol. The van der Waals surface area contributed by atoms with Crippen molar-refractivity contribution in [3.63, 3.8) is 0 Å². The van der Waals surface area contributed by atoms with E-state index in [0.29, 0.717) is 5.39 Å². The SMILES string of the molecule is CCOC(=O)c1cc2ccc3cccc4ccc(c1C(=O)OCC)c2c34. The molecule has 4 rings (SSSR count). The molecule has 130 valence electrons. The maximum atomic E-state index is 12.7. The molecule has 0 heterocycles. The first kappa shape index (κ1) is 16.3. The molecule has 0 bridgehead atoms. The van der Waals surface area contributed by atoms with E-state index in [-0.39, 0.29) is 24.3 Å². The minimum absolute atomic E-state index is 0.239. The summed E-state index contributed by atoms with van der Waals surface area (Å²) >= 11 is 0. The number of ether oxygens (including phenoxy) is 2. The van der Waals surface area contributed by atoms with Crippen LogP contribution in [0.5, 0.6) is 0 Å². The van der Waals surface area contributed by atoms with E-state index in [0.717, 1.165) is 26.9 Å². The first-order chi connectivity index (χ1) is 12.7. The average molecular weight is 346 g/mol. The van der Waals surface area contributed by atoms with Crippen LogP contribution in [0.25, 0.3) is 32.3 Å². The van der Waals surface area contributed by atoms with Gasteiger partial charge in [-0.2, -0.15) is 0 Å². The highest BCUT2D eigenvalue weighted by atomic mass is 16.5. The summed E-state index contributed by atoms with van der Waals surface area (Å²) in [6.07, 6.45) is 0. The van der Waals surface area contributed by atoms with E-state index in [1.54, 1.807) is 19.9 Å². The molecule has 4 heteroatoms. The Morgan fingerprint density at radius 2 is 1.38 bits per heavy atom. The quantitative estimate of drug-likeness (QED) is 0.388. The van der Waals surface area contributed by atoms with Crippen molar-refractivity contribution in [2.75, 3.05) is 13.2 Å².